The number of guanidine groups is 1. The number of aryl methyl sites for hydroxylation is 1. The molecule has 0 atom stereocenters. The van der Waals surface area contributed by atoms with E-state index >= 15 is 0 Å². The van der Waals surface area contributed by atoms with Gasteiger partial charge in [0.2, 0.25) is 5.96 Å². The first kappa shape index (κ1) is 23.6. The molecule has 0 bridgehead atoms. The lowest BCUT2D eigenvalue weighted by molar-refractivity contribution is 0.0977. The Kier molecular flexibility index (Phi) is 8.41. The Hall–Kier alpha value is -3.51. The first-order chi connectivity index (χ1) is 16.7. The highest BCUT2D eigenvalue weighted by Crippen LogP contribution is 2.14. The van der Waals surface area contributed by atoms with Gasteiger partial charge >= 0.3 is 0 Å². The van der Waals surface area contributed by atoms with Gasteiger partial charge in [0, 0.05) is 30.2 Å². The molecule has 0 spiro atoms. The monoisotopic (exact) mass is 455 g/mol. The van der Waals surface area contributed by atoms with E-state index in [0.717, 1.165) is 37.3 Å². The van der Waals surface area contributed by atoms with Crippen LogP contribution >= 0.6 is 0 Å². The van der Waals surface area contributed by atoms with Gasteiger partial charge in [-0.25, -0.2) is 4.99 Å². The molecule has 0 radical (unpaired) electrons. The fraction of sp³-hybridized carbons (Fsp3) is 0.321. The van der Waals surface area contributed by atoms with Crippen LogP contribution in [0.5, 0.6) is 0 Å². The standard InChI is InChI=1S/C28H33N5O/c1-2-22-7-6-8-26(19-22)31-28(30-20-23-13-15-29-16-14-23)32-27(34)25-11-9-24(10-12-25)21-33-17-4-3-5-18-33/h6-16,19H,2-5,17-18,20-21H2,1H3,(H2,30,31,32,34). The smallest absolute Gasteiger partial charge is 0.257 e. The summed E-state index contributed by atoms with van der Waals surface area (Å²) in [7, 11) is 0. The number of aliphatic imine (C=N–C) groups is 1. The van der Waals surface area contributed by atoms with Gasteiger partial charge in [-0.05, 0) is 85.4 Å². The van der Waals surface area contributed by atoms with E-state index in [1.807, 2.05) is 36.4 Å². The van der Waals surface area contributed by atoms with Crippen LogP contribution in [0, 0.1) is 0 Å². The number of anilines is 1. The Morgan fingerprint density at radius 2 is 1.71 bits per heavy atom. The first-order valence-corrected chi connectivity index (χ1v) is 12.1. The van der Waals surface area contributed by atoms with Crippen molar-refractivity contribution in [2.45, 2.75) is 45.7 Å². The Balaban J connectivity index is 1.45. The van der Waals surface area contributed by atoms with E-state index < -0.39 is 0 Å². The molecular formula is C28H33N5O. The molecule has 6 nitrogen and oxygen atoms in total. The van der Waals surface area contributed by atoms with Gasteiger partial charge in [-0.15, -0.1) is 0 Å². The summed E-state index contributed by atoms with van der Waals surface area (Å²) in [6.07, 6.45) is 8.30. The van der Waals surface area contributed by atoms with Crippen molar-refractivity contribution < 1.29 is 4.79 Å². The summed E-state index contributed by atoms with van der Waals surface area (Å²) in [5.41, 5.74) is 4.98. The minimum Gasteiger partial charge on any atom is -0.326 e. The molecule has 1 aromatic heterocycles. The molecular weight excluding hydrogens is 422 g/mol. The number of carbonyl (C=O) groups excluding carboxylic acids is 1. The third-order valence-electron chi connectivity index (χ3n) is 6.07. The number of nitrogens with zero attached hydrogens (tertiary/aromatic N) is 3. The molecule has 1 aliphatic rings. The van der Waals surface area contributed by atoms with Crippen molar-refractivity contribution in [2.24, 2.45) is 4.99 Å². The second-order valence-electron chi connectivity index (χ2n) is 8.69. The normalized spacial score (nSPS) is 14.6. The van der Waals surface area contributed by atoms with Gasteiger partial charge in [-0.3, -0.25) is 20.0 Å². The van der Waals surface area contributed by atoms with E-state index in [1.165, 1.54) is 30.4 Å². The zero-order valence-electron chi connectivity index (χ0n) is 19.8. The van der Waals surface area contributed by atoms with Crippen LogP contribution in [-0.4, -0.2) is 34.8 Å². The lowest BCUT2D eigenvalue weighted by atomic mass is 10.1. The molecule has 3 aromatic rings. The van der Waals surface area contributed by atoms with Crippen molar-refractivity contribution in [3.63, 3.8) is 0 Å². The minimum atomic E-state index is -0.183. The van der Waals surface area contributed by atoms with Gasteiger partial charge in [0.1, 0.15) is 0 Å². The molecule has 34 heavy (non-hydrogen) atoms. The molecule has 0 aliphatic carbocycles. The molecule has 1 fully saturated rings. The van der Waals surface area contributed by atoms with Gasteiger partial charge in [-0.2, -0.15) is 0 Å². The van der Waals surface area contributed by atoms with Crippen LogP contribution in [0.2, 0.25) is 0 Å². The average molecular weight is 456 g/mol. The number of carbonyl (C=O) groups is 1. The number of hydrogen-bond acceptors (Lipinski definition) is 4. The number of piperidine rings is 1. The molecule has 2 heterocycles. The van der Waals surface area contributed by atoms with Gasteiger partial charge in [0.05, 0.1) is 6.54 Å². The molecule has 6 heteroatoms. The zero-order valence-corrected chi connectivity index (χ0v) is 19.8. The quantitative estimate of drug-likeness (QED) is 0.387. The fourth-order valence-electron chi connectivity index (χ4n) is 4.09. The number of hydrogen-bond donors (Lipinski definition) is 2. The second kappa shape index (κ2) is 12.1. The summed E-state index contributed by atoms with van der Waals surface area (Å²) < 4.78 is 0. The number of aromatic nitrogens is 1. The highest BCUT2D eigenvalue weighted by Gasteiger charge is 2.13. The number of benzene rings is 2. The number of nitrogens with one attached hydrogen (secondary N) is 2. The lowest BCUT2D eigenvalue weighted by Crippen LogP contribution is -2.36. The molecule has 4 rings (SSSR count). The van der Waals surface area contributed by atoms with Crippen molar-refractivity contribution >= 4 is 17.6 Å². The van der Waals surface area contributed by atoms with Crippen LogP contribution in [0.25, 0.3) is 0 Å². The Labute approximate surface area is 202 Å². The highest BCUT2D eigenvalue weighted by atomic mass is 16.1. The molecule has 2 aromatic carbocycles. The SMILES string of the molecule is CCc1cccc(NC(=NCc2ccncc2)NC(=O)c2ccc(CN3CCCCC3)cc2)c1. The highest BCUT2D eigenvalue weighted by molar-refractivity contribution is 6.10. The Morgan fingerprint density at radius 3 is 2.44 bits per heavy atom. The Bertz CT molecular complexity index is 1090. The number of pyridine rings is 1. The van der Waals surface area contributed by atoms with Gasteiger partial charge in [0.15, 0.2) is 0 Å². The average Bonchev–Trinajstić information content (AvgIpc) is 2.89. The van der Waals surface area contributed by atoms with Crippen LogP contribution < -0.4 is 10.6 Å². The van der Waals surface area contributed by atoms with E-state index in [2.05, 4.69) is 56.7 Å². The summed E-state index contributed by atoms with van der Waals surface area (Å²) in [4.78, 5) is 24.2. The van der Waals surface area contributed by atoms with Crippen LogP contribution in [-0.2, 0) is 19.5 Å². The van der Waals surface area contributed by atoms with Crippen LogP contribution in [0.3, 0.4) is 0 Å². The summed E-state index contributed by atoms with van der Waals surface area (Å²) in [6, 6.07) is 19.9. The van der Waals surface area contributed by atoms with Gasteiger partial charge in [-0.1, -0.05) is 37.6 Å². The topological polar surface area (TPSA) is 69.6 Å². The van der Waals surface area contributed by atoms with Crippen molar-refractivity contribution in [3.8, 4) is 0 Å². The maximum absolute atomic E-state index is 13.0. The first-order valence-electron chi connectivity index (χ1n) is 12.1. The second-order valence-corrected chi connectivity index (χ2v) is 8.69. The van der Waals surface area contributed by atoms with Crippen molar-refractivity contribution in [1.82, 2.24) is 15.2 Å². The van der Waals surface area contributed by atoms with E-state index in [0.29, 0.717) is 18.1 Å². The van der Waals surface area contributed by atoms with E-state index in [9.17, 15) is 4.79 Å². The van der Waals surface area contributed by atoms with Crippen molar-refractivity contribution in [3.05, 3.63) is 95.3 Å². The molecule has 0 saturated carbocycles. The molecule has 0 unspecified atom stereocenters. The third kappa shape index (κ3) is 6.99. The third-order valence-corrected chi connectivity index (χ3v) is 6.07. The lowest BCUT2D eigenvalue weighted by Gasteiger charge is -2.26. The van der Waals surface area contributed by atoms with E-state index in [4.69, 9.17) is 0 Å². The number of likely N-dealkylation sites (tertiary alicyclic amines) is 1. The minimum absolute atomic E-state index is 0.183. The molecule has 1 saturated heterocycles. The van der Waals surface area contributed by atoms with Crippen molar-refractivity contribution in [1.29, 1.82) is 0 Å². The molecule has 2 N–H and O–H groups in total. The zero-order chi connectivity index (χ0) is 23.6. The predicted octanol–water partition coefficient (Wildman–Crippen LogP) is 5.03. The van der Waals surface area contributed by atoms with Gasteiger partial charge in [0.25, 0.3) is 5.91 Å². The number of rotatable bonds is 7. The Morgan fingerprint density at radius 1 is 0.941 bits per heavy atom. The maximum Gasteiger partial charge on any atom is 0.257 e. The maximum atomic E-state index is 13.0. The van der Waals surface area contributed by atoms with Crippen molar-refractivity contribution in [2.75, 3.05) is 18.4 Å². The number of amides is 1. The molecule has 1 aliphatic heterocycles. The largest absolute Gasteiger partial charge is 0.326 e. The van der Waals surface area contributed by atoms with E-state index in [1.54, 1.807) is 12.4 Å². The summed E-state index contributed by atoms with van der Waals surface area (Å²) in [5, 5.41) is 6.25. The summed E-state index contributed by atoms with van der Waals surface area (Å²) >= 11 is 0. The van der Waals surface area contributed by atoms with E-state index in [-0.39, 0.29) is 5.91 Å². The predicted molar refractivity (Wildman–Crippen MR) is 138 cm³/mol. The van der Waals surface area contributed by atoms with Gasteiger partial charge < -0.3 is 5.32 Å². The fourth-order valence-corrected chi connectivity index (χ4v) is 4.09. The molecule has 1 amide bonds. The van der Waals surface area contributed by atoms with Crippen LogP contribution in [0.1, 0.15) is 53.2 Å². The summed E-state index contributed by atoms with van der Waals surface area (Å²) in [5.74, 6) is 0.240. The van der Waals surface area contributed by atoms with Crippen LogP contribution in [0.15, 0.2) is 78.0 Å². The van der Waals surface area contributed by atoms with Crippen LogP contribution in [0.4, 0.5) is 5.69 Å². The molecule has 176 valence electrons. The summed E-state index contributed by atoms with van der Waals surface area (Å²) in [6.45, 7) is 5.81.